The van der Waals surface area contributed by atoms with Crippen LogP contribution in [0.25, 0.3) is 5.57 Å². The van der Waals surface area contributed by atoms with Gasteiger partial charge >= 0.3 is 0 Å². The minimum absolute atomic E-state index is 0.242. The Balaban J connectivity index is 1.64. The third kappa shape index (κ3) is 3.57. The van der Waals surface area contributed by atoms with Crippen LogP contribution in [0, 0.1) is 10.5 Å². The van der Waals surface area contributed by atoms with E-state index >= 15 is 0 Å². The number of nitrogens with one attached hydrogen (secondary N) is 1. The molecule has 0 aliphatic carbocycles. The number of benzene rings is 2. The second kappa shape index (κ2) is 7.59. The molecule has 0 radical (unpaired) electrons. The summed E-state index contributed by atoms with van der Waals surface area (Å²) in [7, 11) is 0. The zero-order valence-electron chi connectivity index (χ0n) is 15.0. The highest BCUT2D eigenvalue weighted by Gasteiger charge is 2.33. The van der Waals surface area contributed by atoms with Gasteiger partial charge in [0.2, 0.25) is 5.91 Å². The van der Waals surface area contributed by atoms with Crippen molar-refractivity contribution in [3.63, 3.8) is 0 Å². The molecular weight excluding hydrogens is 469 g/mol. The number of carbonyl (C=O) groups excluding carboxylic acids is 2. The molecule has 0 saturated heterocycles. The largest absolute Gasteiger partial charge is 0.359 e. The lowest BCUT2D eigenvalue weighted by Gasteiger charge is -2.14. The monoisotopic (exact) mass is 485 g/mol. The molecule has 28 heavy (non-hydrogen) atoms. The molecule has 4 rings (SSSR count). The SMILES string of the molecule is Cc1cc(CN2C(=O)/C(=C/C(=O)Nc3ccccc3I)c3ccccc32)on1. The fourth-order valence-corrected chi connectivity index (χ4v) is 3.63. The Morgan fingerprint density at radius 3 is 2.71 bits per heavy atom. The average molecular weight is 485 g/mol. The molecule has 1 aliphatic rings. The van der Waals surface area contributed by atoms with Gasteiger partial charge in [-0.25, -0.2) is 0 Å². The minimum Gasteiger partial charge on any atom is -0.359 e. The predicted octanol–water partition coefficient (Wildman–Crippen LogP) is 4.16. The van der Waals surface area contributed by atoms with Crippen LogP contribution in [0.3, 0.4) is 0 Å². The third-order valence-electron chi connectivity index (χ3n) is 4.36. The van der Waals surface area contributed by atoms with Crippen molar-refractivity contribution >= 4 is 51.4 Å². The Morgan fingerprint density at radius 2 is 1.96 bits per heavy atom. The molecule has 1 aliphatic heterocycles. The summed E-state index contributed by atoms with van der Waals surface area (Å²) in [5.74, 6) is -0.00187. The lowest BCUT2D eigenvalue weighted by molar-refractivity contribution is -0.114. The van der Waals surface area contributed by atoms with Gasteiger partial charge in [-0.1, -0.05) is 35.5 Å². The smallest absolute Gasteiger partial charge is 0.259 e. The van der Waals surface area contributed by atoms with E-state index in [1.807, 2.05) is 55.5 Å². The first-order valence-electron chi connectivity index (χ1n) is 8.63. The highest BCUT2D eigenvalue weighted by molar-refractivity contribution is 14.1. The van der Waals surface area contributed by atoms with Crippen LogP contribution >= 0.6 is 22.6 Å². The summed E-state index contributed by atoms with van der Waals surface area (Å²) in [6.45, 7) is 2.08. The summed E-state index contributed by atoms with van der Waals surface area (Å²) in [5, 5.41) is 6.70. The summed E-state index contributed by atoms with van der Waals surface area (Å²) in [6.07, 6.45) is 1.36. The van der Waals surface area contributed by atoms with E-state index in [4.69, 9.17) is 4.52 Å². The molecule has 0 spiro atoms. The van der Waals surface area contributed by atoms with Crippen molar-refractivity contribution < 1.29 is 14.1 Å². The molecule has 2 aromatic carbocycles. The Kier molecular flexibility index (Phi) is 4.99. The zero-order chi connectivity index (χ0) is 19.7. The number of aryl methyl sites for hydroxylation is 1. The van der Waals surface area contributed by atoms with Gasteiger partial charge in [0.05, 0.1) is 29.2 Å². The van der Waals surface area contributed by atoms with Crippen molar-refractivity contribution in [2.75, 3.05) is 10.2 Å². The van der Waals surface area contributed by atoms with Gasteiger partial charge in [-0.2, -0.15) is 0 Å². The lowest BCUT2D eigenvalue weighted by atomic mass is 10.1. The first-order chi connectivity index (χ1) is 13.5. The second-order valence-corrected chi connectivity index (χ2v) is 7.53. The number of hydrogen-bond acceptors (Lipinski definition) is 4. The molecule has 3 aromatic rings. The van der Waals surface area contributed by atoms with E-state index < -0.39 is 0 Å². The van der Waals surface area contributed by atoms with Crippen LogP contribution < -0.4 is 10.2 Å². The fraction of sp³-hybridized carbons (Fsp3) is 0.0952. The number of carbonyl (C=O) groups is 2. The van der Waals surface area contributed by atoms with Crippen molar-refractivity contribution in [1.82, 2.24) is 5.16 Å². The number of rotatable bonds is 4. The molecule has 2 amide bonds. The summed E-state index contributed by atoms with van der Waals surface area (Å²) in [5.41, 5.74) is 3.28. The second-order valence-electron chi connectivity index (χ2n) is 6.37. The van der Waals surface area contributed by atoms with Crippen LogP contribution in [-0.2, 0) is 16.1 Å². The lowest BCUT2D eigenvalue weighted by Crippen LogP contribution is -2.26. The molecule has 0 saturated carbocycles. The van der Waals surface area contributed by atoms with Crippen LogP contribution in [-0.4, -0.2) is 17.0 Å². The van der Waals surface area contributed by atoms with Crippen molar-refractivity contribution in [3.8, 4) is 0 Å². The number of para-hydroxylation sites is 2. The maximum absolute atomic E-state index is 13.0. The first kappa shape index (κ1) is 18.4. The molecule has 0 fully saturated rings. The van der Waals surface area contributed by atoms with E-state index in [0.29, 0.717) is 17.0 Å². The number of aromatic nitrogens is 1. The van der Waals surface area contributed by atoms with Crippen LogP contribution in [0.4, 0.5) is 11.4 Å². The van der Waals surface area contributed by atoms with E-state index in [1.54, 1.807) is 11.0 Å². The molecule has 1 N–H and O–H groups in total. The summed E-state index contributed by atoms with van der Waals surface area (Å²) < 4.78 is 6.18. The van der Waals surface area contributed by atoms with Gasteiger partial charge in [0, 0.05) is 21.3 Å². The number of halogens is 1. The molecule has 0 atom stereocenters. The Labute approximate surface area is 175 Å². The summed E-state index contributed by atoms with van der Waals surface area (Å²) >= 11 is 2.15. The number of anilines is 2. The average Bonchev–Trinajstić information content (AvgIpc) is 3.20. The Morgan fingerprint density at radius 1 is 1.21 bits per heavy atom. The van der Waals surface area contributed by atoms with Crippen LogP contribution in [0.15, 0.2) is 65.2 Å². The van der Waals surface area contributed by atoms with Gasteiger partial charge in [0.25, 0.3) is 5.91 Å². The van der Waals surface area contributed by atoms with Crippen LogP contribution in [0.5, 0.6) is 0 Å². The van der Waals surface area contributed by atoms with Crippen molar-refractivity contribution in [3.05, 3.63) is 81.3 Å². The van der Waals surface area contributed by atoms with E-state index in [2.05, 4.69) is 33.1 Å². The van der Waals surface area contributed by atoms with E-state index in [0.717, 1.165) is 20.5 Å². The maximum atomic E-state index is 13.0. The number of amides is 2. The highest BCUT2D eigenvalue weighted by atomic mass is 127. The van der Waals surface area contributed by atoms with Crippen LogP contribution in [0.1, 0.15) is 17.0 Å². The van der Waals surface area contributed by atoms with Crippen LogP contribution in [0.2, 0.25) is 0 Å². The first-order valence-corrected chi connectivity index (χ1v) is 9.71. The van der Waals surface area contributed by atoms with Gasteiger partial charge in [-0.05, 0) is 47.7 Å². The van der Waals surface area contributed by atoms with Crippen molar-refractivity contribution in [2.24, 2.45) is 0 Å². The van der Waals surface area contributed by atoms with Gasteiger partial charge in [0.15, 0.2) is 5.76 Å². The molecule has 0 bridgehead atoms. The van der Waals surface area contributed by atoms with Crippen molar-refractivity contribution in [1.29, 1.82) is 0 Å². The van der Waals surface area contributed by atoms with E-state index in [9.17, 15) is 9.59 Å². The van der Waals surface area contributed by atoms with E-state index in [-0.39, 0.29) is 18.4 Å². The summed E-state index contributed by atoms with van der Waals surface area (Å²) in [4.78, 5) is 27.2. The molecule has 2 heterocycles. The number of hydrogen-bond donors (Lipinski definition) is 1. The normalized spacial score (nSPS) is 14.4. The molecule has 140 valence electrons. The molecule has 0 unspecified atom stereocenters. The third-order valence-corrected chi connectivity index (χ3v) is 5.30. The van der Waals surface area contributed by atoms with Gasteiger partial charge in [-0.15, -0.1) is 0 Å². The fourth-order valence-electron chi connectivity index (χ4n) is 3.11. The van der Waals surface area contributed by atoms with Gasteiger partial charge in [0.1, 0.15) is 0 Å². The Hall–Kier alpha value is -2.94. The zero-order valence-corrected chi connectivity index (χ0v) is 17.1. The predicted molar refractivity (Wildman–Crippen MR) is 115 cm³/mol. The summed E-state index contributed by atoms with van der Waals surface area (Å²) in [6, 6.07) is 16.7. The van der Waals surface area contributed by atoms with Gasteiger partial charge in [-0.3, -0.25) is 9.59 Å². The van der Waals surface area contributed by atoms with Gasteiger partial charge < -0.3 is 14.7 Å². The molecular formula is C21H16IN3O3. The minimum atomic E-state index is -0.348. The van der Waals surface area contributed by atoms with E-state index in [1.165, 1.54) is 6.08 Å². The maximum Gasteiger partial charge on any atom is 0.259 e. The standard InChI is InChI=1S/C21H16IN3O3/c1-13-10-14(28-24-13)12-25-19-9-5-2-6-15(19)16(21(25)27)11-20(26)23-18-8-4-3-7-17(18)22/h2-11H,12H2,1H3,(H,23,26)/b16-11+. The number of nitrogens with zero attached hydrogens (tertiary/aromatic N) is 2. The highest BCUT2D eigenvalue weighted by Crippen LogP contribution is 2.37. The quantitative estimate of drug-likeness (QED) is 0.445. The van der Waals surface area contributed by atoms with Crippen molar-refractivity contribution in [2.45, 2.75) is 13.5 Å². The molecule has 1 aromatic heterocycles. The molecule has 7 heteroatoms. The number of fused-ring (bicyclic) bond motifs is 1. The molecule has 6 nitrogen and oxygen atoms in total. The topological polar surface area (TPSA) is 75.4 Å². The Bertz CT molecular complexity index is 1100.